The summed E-state index contributed by atoms with van der Waals surface area (Å²) in [6.45, 7) is 6.53. The van der Waals surface area contributed by atoms with Gasteiger partial charge >= 0.3 is 26.2 Å². The average Bonchev–Trinajstić information content (AvgIpc) is 2.61. The quantitative estimate of drug-likeness (QED) is 0.450. The minimum absolute atomic E-state index is 0. The number of rotatable bonds is 2. The molecule has 0 unspecified atom stereocenters. The molecule has 0 fully saturated rings. The first-order valence-corrected chi connectivity index (χ1v) is 7.54. The molecule has 0 heterocycles. The van der Waals surface area contributed by atoms with E-state index in [1.165, 1.54) is 29.2 Å². The van der Waals surface area contributed by atoms with Gasteiger partial charge in [0.15, 0.2) is 0 Å². The largest absolute Gasteiger partial charge is 3.00 e. The second-order valence-electron chi connectivity index (χ2n) is 3.74. The minimum atomic E-state index is 0. The average molecular weight is 345 g/mol. The summed E-state index contributed by atoms with van der Waals surface area (Å²) < 4.78 is 0. The maximum atomic E-state index is 2.29. The molecular formula is C14H19F2SiZr. The van der Waals surface area contributed by atoms with Crippen LogP contribution in [0.15, 0.2) is 36.4 Å². The number of benzene rings is 1. The Bertz CT molecular complexity index is 368. The third kappa shape index (κ3) is 7.27. The Balaban J connectivity index is -0.000000345. The van der Waals surface area contributed by atoms with Crippen LogP contribution in [0.5, 0.6) is 0 Å². The summed E-state index contributed by atoms with van der Waals surface area (Å²) in [7, 11) is 1.08. The van der Waals surface area contributed by atoms with E-state index in [9.17, 15) is 0 Å². The molecule has 4 heteroatoms. The summed E-state index contributed by atoms with van der Waals surface area (Å²) in [6.07, 6.45) is 2.44. The molecule has 2 aromatic carbocycles. The van der Waals surface area contributed by atoms with E-state index in [0.717, 1.165) is 9.52 Å². The molecule has 0 aromatic heterocycles. The second kappa shape index (κ2) is 13.2. The van der Waals surface area contributed by atoms with E-state index >= 15 is 0 Å². The second-order valence-corrected chi connectivity index (χ2v) is 4.74. The van der Waals surface area contributed by atoms with Gasteiger partial charge in [-0.05, 0) is 6.42 Å². The van der Waals surface area contributed by atoms with Crippen LogP contribution in [-0.2, 0) is 32.6 Å². The van der Waals surface area contributed by atoms with E-state index in [0.29, 0.717) is 0 Å². The van der Waals surface area contributed by atoms with E-state index in [2.05, 4.69) is 56.4 Å². The number of fused-ring (bicyclic) bond motifs is 1. The van der Waals surface area contributed by atoms with Gasteiger partial charge in [-0.2, -0.15) is 6.07 Å². The summed E-state index contributed by atoms with van der Waals surface area (Å²) in [4.78, 5) is 0. The topological polar surface area (TPSA) is 0 Å². The zero-order chi connectivity index (χ0) is 11.1. The van der Waals surface area contributed by atoms with Gasteiger partial charge in [-0.3, -0.25) is 0 Å². The van der Waals surface area contributed by atoms with Gasteiger partial charge in [-0.25, -0.2) is 0 Å². The maximum absolute atomic E-state index is 2.29. The molecule has 0 saturated heterocycles. The van der Waals surface area contributed by atoms with Gasteiger partial charge in [0.05, 0.1) is 0 Å². The van der Waals surface area contributed by atoms with Crippen LogP contribution in [0, 0.1) is 0 Å². The molecule has 0 bridgehead atoms. The third-order valence-corrected chi connectivity index (χ3v) is 2.22. The van der Waals surface area contributed by atoms with Crippen molar-refractivity contribution in [1.29, 1.82) is 0 Å². The molecular weight excluding hydrogens is 325 g/mol. The fourth-order valence-electron chi connectivity index (χ4n) is 1.65. The van der Waals surface area contributed by atoms with E-state index in [-0.39, 0.29) is 35.6 Å². The molecule has 0 saturated carbocycles. The normalized spacial score (nSPS) is 8.17. The molecule has 18 heavy (non-hydrogen) atoms. The molecule has 0 amide bonds. The summed E-state index contributed by atoms with van der Waals surface area (Å²) in [5, 5.41) is 2.75. The summed E-state index contributed by atoms with van der Waals surface area (Å²) in [5.41, 5.74) is 1.47. The van der Waals surface area contributed by atoms with Crippen LogP contribution in [0.2, 0.25) is 13.1 Å². The summed E-state index contributed by atoms with van der Waals surface area (Å²) >= 11 is 0. The molecule has 0 spiro atoms. The Kier molecular flexibility index (Phi) is 16.8. The number of hydrogen-bond acceptors (Lipinski definition) is 0. The first-order valence-electron chi connectivity index (χ1n) is 5.54. The van der Waals surface area contributed by atoms with Crippen molar-refractivity contribution in [2.45, 2.75) is 32.9 Å². The van der Waals surface area contributed by atoms with Crippen LogP contribution in [0.3, 0.4) is 0 Å². The molecule has 0 aliphatic rings. The van der Waals surface area contributed by atoms with Crippen LogP contribution < -0.4 is 9.41 Å². The molecule has 0 aliphatic heterocycles. The Morgan fingerprint density at radius 3 is 2.17 bits per heavy atom. The van der Waals surface area contributed by atoms with Crippen molar-refractivity contribution in [1.82, 2.24) is 0 Å². The van der Waals surface area contributed by atoms with Gasteiger partial charge in [-0.15, -0.1) is 40.6 Å². The standard InChI is InChI=1S/C12H13.C2H6Si.2FH.Zr/c1-2-5-10-8-11-6-3-4-7-12(11)9-10;1-3-2;;;/h3-4,6-9H,2,5H2,1H3;1-2H3;2*1H;/q-1;;;;+3/p-2. The van der Waals surface area contributed by atoms with Gasteiger partial charge < -0.3 is 9.41 Å². The van der Waals surface area contributed by atoms with E-state index < -0.39 is 0 Å². The smallest absolute Gasteiger partial charge is 1.00 e. The van der Waals surface area contributed by atoms with Crippen molar-refractivity contribution in [3.63, 3.8) is 0 Å². The van der Waals surface area contributed by atoms with Gasteiger partial charge in [0.2, 0.25) is 0 Å². The summed E-state index contributed by atoms with van der Waals surface area (Å²) in [6, 6.07) is 13.1. The zero-order valence-electron chi connectivity index (χ0n) is 11.1. The Morgan fingerprint density at radius 2 is 1.67 bits per heavy atom. The van der Waals surface area contributed by atoms with Gasteiger partial charge in [0, 0.05) is 9.52 Å². The van der Waals surface area contributed by atoms with Crippen molar-refractivity contribution in [2.24, 2.45) is 0 Å². The van der Waals surface area contributed by atoms with Gasteiger partial charge in [-0.1, -0.05) is 32.5 Å². The molecule has 0 aliphatic carbocycles. The van der Waals surface area contributed by atoms with E-state index in [1.807, 2.05) is 0 Å². The Labute approximate surface area is 130 Å². The molecule has 0 atom stereocenters. The van der Waals surface area contributed by atoms with Crippen LogP contribution in [0.25, 0.3) is 10.8 Å². The van der Waals surface area contributed by atoms with Crippen molar-refractivity contribution in [3.05, 3.63) is 42.0 Å². The van der Waals surface area contributed by atoms with E-state index in [1.54, 1.807) is 0 Å². The van der Waals surface area contributed by atoms with Crippen LogP contribution >= 0.6 is 0 Å². The monoisotopic (exact) mass is 343 g/mol. The molecule has 2 rings (SSSR count). The number of hydrogen-bond donors (Lipinski definition) is 0. The van der Waals surface area contributed by atoms with Crippen molar-refractivity contribution in [3.8, 4) is 0 Å². The predicted molar refractivity (Wildman–Crippen MR) is 71.0 cm³/mol. The Morgan fingerprint density at radius 1 is 1.11 bits per heavy atom. The number of halogens is 2. The van der Waals surface area contributed by atoms with Gasteiger partial charge in [0.1, 0.15) is 0 Å². The maximum Gasteiger partial charge on any atom is 3.00 e. The SMILES string of the molecule is CCCc1cc2ccccc2[cH-]1.C[Si]C.[F-].[F-].[Zr+3]. The molecule has 2 aromatic rings. The molecule has 97 valence electrons. The first kappa shape index (κ1) is 22.9. The molecule has 0 N–H and O–H groups in total. The molecule has 0 nitrogen and oxygen atoms in total. The fraction of sp³-hybridized carbons (Fsp3) is 0.357. The first-order chi connectivity index (χ1) is 7.31. The van der Waals surface area contributed by atoms with Crippen molar-refractivity contribution >= 4 is 20.3 Å². The van der Waals surface area contributed by atoms with Crippen LogP contribution in [0.1, 0.15) is 18.9 Å². The van der Waals surface area contributed by atoms with Crippen LogP contribution in [-0.4, -0.2) is 9.52 Å². The summed E-state index contributed by atoms with van der Waals surface area (Å²) in [5.74, 6) is 0. The van der Waals surface area contributed by atoms with Crippen molar-refractivity contribution in [2.75, 3.05) is 0 Å². The molecule has 3 radical (unpaired) electrons. The van der Waals surface area contributed by atoms with E-state index in [4.69, 9.17) is 0 Å². The number of aryl methyl sites for hydroxylation is 1. The van der Waals surface area contributed by atoms with Crippen LogP contribution in [0.4, 0.5) is 0 Å². The van der Waals surface area contributed by atoms with Gasteiger partial charge in [0.25, 0.3) is 0 Å². The third-order valence-electron chi connectivity index (χ3n) is 2.22. The fourth-order valence-corrected chi connectivity index (χ4v) is 1.65. The van der Waals surface area contributed by atoms with Crippen molar-refractivity contribution < 1.29 is 35.6 Å². The Hall–Kier alpha value is -0.210. The minimum Gasteiger partial charge on any atom is -1.00 e. The predicted octanol–water partition coefficient (Wildman–Crippen LogP) is -1.70. The zero-order valence-corrected chi connectivity index (χ0v) is 14.6.